The highest BCUT2D eigenvalue weighted by Gasteiger charge is 1.99. The lowest BCUT2D eigenvalue weighted by Crippen LogP contribution is -2.00. The average Bonchev–Trinajstić information content (AvgIpc) is 2.63. The van der Waals surface area contributed by atoms with Crippen LogP contribution in [0.5, 0.6) is 0 Å². The SMILES string of the molecule is Nc1nsc(NCc2ccccn2)n1. The molecule has 0 radical (unpaired) electrons. The quantitative estimate of drug-likeness (QED) is 0.788. The van der Waals surface area contributed by atoms with Crippen LogP contribution in [0.2, 0.25) is 0 Å². The summed E-state index contributed by atoms with van der Waals surface area (Å²) in [6, 6.07) is 5.77. The fourth-order valence-corrected chi connectivity index (χ4v) is 1.47. The van der Waals surface area contributed by atoms with Gasteiger partial charge in [0.15, 0.2) is 0 Å². The second-order valence-corrected chi connectivity index (χ2v) is 3.38. The lowest BCUT2D eigenvalue weighted by molar-refractivity contribution is 1.04. The van der Waals surface area contributed by atoms with Crippen molar-refractivity contribution < 1.29 is 0 Å². The van der Waals surface area contributed by atoms with Crippen LogP contribution in [-0.2, 0) is 6.54 Å². The molecule has 0 aliphatic rings. The molecule has 0 unspecified atom stereocenters. The van der Waals surface area contributed by atoms with E-state index in [9.17, 15) is 0 Å². The first-order valence-corrected chi connectivity index (χ1v) is 4.85. The third-order valence-electron chi connectivity index (χ3n) is 1.59. The minimum Gasteiger partial charge on any atom is -0.367 e. The number of rotatable bonds is 3. The van der Waals surface area contributed by atoms with E-state index < -0.39 is 0 Å². The van der Waals surface area contributed by atoms with Crippen molar-refractivity contribution in [3.8, 4) is 0 Å². The zero-order chi connectivity index (χ0) is 9.80. The summed E-state index contributed by atoms with van der Waals surface area (Å²) in [7, 11) is 0. The van der Waals surface area contributed by atoms with Gasteiger partial charge in [0.1, 0.15) is 0 Å². The van der Waals surface area contributed by atoms with Gasteiger partial charge in [-0.1, -0.05) is 6.07 Å². The van der Waals surface area contributed by atoms with Crippen molar-refractivity contribution in [1.82, 2.24) is 14.3 Å². The minimum absolute atomic E-state index is 0.304. The highest BCUT2D eigenvalue weighted by atomic mass is 32.1. The van der Waals surface area contributed by atoms with Crippen LogP contribution in [0.3, 0.4) is 0 Å². The summed E-state index contributed by atoms with van der Waals surface area (Å²) in [5.74, 6) is 0.304. The van der Waals surface area contributed by atoms with Crippen LogP contribution >= 0.6 is 11.5 Å². The lowest BCUT2D eigenvalue weighted by Gasteiger charge is -1.99. The van der Waals surface area contributed by atoms with Gasteiger partial charge in [0.25, 0.3) is 0 Å². The molecule has 3 N–H and O–H groups in total. The molecule has 2 aromatic rings. The number of aromatic nitrogens is 3. The highest BCUT2D eigenvalue weighted by Crippen LogP contribution is 2.12. The first-order valence-electron chi connectivity index (χ1n) is 4.07. The van der Waals surface area contributed by atoms with Gasteiger partial charge in [0.05, 0.1) is 12.2 Å². The van der Waals surface area contributed by atoms with E-state index in [1.165, 1.54) is 11.5 Å². The largest absolute Gasteiger partial charge is 0.367 e. The standard InChI is InChI=1S/C8H9N5S/c9-7-12-8(14-13-7)11-5-6-3-1-2-4-10-6/h1-4H,5H2,(H3,9,11,12,13). The van der Waals surface area contributed by atoms with E-state index in [2.05, 4.69) is 19.7 Å². The van der Waals surface area contributed by atoms with Crippen molar-refractivity contribution in [2.75, 3.05) is 11.1 Å². The Kier molecular flexibility index (Phi) is 2.55. The Morgan fingerprint density at radius 1 is 1.43 bits per heavy atom. The third kappa shape index (κ3) is 2.17. The fraction of sp³-hybridized carbons (Fsp3) is 0.125. The molecule has 0 spiro atoms. The zero-order valence-electron chi connectivity index (χ0n) is 7.34. The Bertz CT molecular complexity index is 399. The molecule has 6 heteroatoms. The molecule has 0 saturated carbocycles. The smallest absolute Gasteiger partial charge is 0.233 e. The Morgan fingerprint density at radius 3 is 3.00 bits per heavy atom. The average molecular weight is 207 g/mol. The van der Waals surface area contributed by atoms with E-state index in [0.717, 1.165) is 5.69 Å². The maximum Gasteiger partial charge on any atom is 0.233 e. The second-order valence-electron chi connectivity index (χ2n) is 2.63. The maximum atomic E-state index is 5.38. The molecule has 14 heavy (non-hydrogen) atoms. The van der Waals surface area contributed by atoms with Crippen molar-refractivity contribution in [2.45, 2.75) is 6.54 Å². The molecular weight excluding hydrogens is 198 g/mol. The van der Waals surface area contributed by atoms with Crippen molar-refractivity contribution >= 4 is 22.6 Å². The molecule has 2 aromatic heterocycles. The highest BCUT2D eigenvalue weighted by molar-refractivity contribution is 7.09. The van der Waals surface area contributed by atoms with E-state index in [0.29, 0.717) is 17.6 Å². The Labute approximate surface area is 85.2 Å². The van der Waals surface area contributed by atoms with Gasteiger partial charge in [0, 0.05) is 17.7 Å². The molecule has 2 rings (SSSR count). The summed E-state index contributed by atoms with van der Waals surface area (Å²) in [6.07, 6.45) is 1.76. The van der Waals surface area contributed by atoms with E-state index in [-0.39, 0.29) is 0 Å². The maximum absolute atomic E-state index is 5.38. The predicted molar refractivity (Wildman–Crippen MR) is 55.9 cm³/mol. The summed E-state index contributed by atoms with van der Waals surface area (Å²) in [6.45, 7) is 0.634. The Morgan fingerprint density at radius 2 is 2.36 bits per heavy atom. The number of hydrogen-bond acceptors (Lipinski definition) is 6. The number of nitrogens with zero attached hydrogens (tertiary/aromatic N) is 3. The summed E-state index contributed by atoms with van der Waals surface area (Å²) < 4.78 is 3.85. The minimum atomic E-state index is 0.304. The van der Waals surface area contributed by atoms with Crippen LogP contribution in [0.4, 0.5) is 11.1 Å². The molecule has 5 nitrogen and oxygen atoms in total. The molecular formula is C8H9N5S. The normalized spacial score (nSPS) is 10.0. The topological polar surface area (TPSA) is 76.7 Å². The first-order chi connectivity index (χ1) is 6.84. The van der Waals surface area contributed by atoms with Gasteiger partial charge < -0.3 is 11.1 Å². The van der Waals surface area contributed by atoms with Crippen molar-refractivity contribution in [2.24, 2.45) is 0 Å². The summed E-state index contributed by atoms with van der Waals surface area (Å²) >= 11 is 1.24. The molecule has 2 heterocycles. The number of hydrogen-bond donors (Lipinski definition) is 2. The Hall–Kier alpha value is -1.69. The van der Waals surface area contributed by atoms with Gasteiger partial charge in [-0.3, -0.25) is 4.98 Å². The molecule has 0 bridgehead atoms. The van der Waals surface area contributed by atoms with Gasteiger partial charge in [-0.2, -0.15) is 9.36 Å². The van der Waals surface area contributed by atoms with Crippen LogP contribution in [0.15, 0.2) is 24.4 Å². The second kappa shape index (κ2) is 4.01. The van der Waals surface area contributed by atoms with Gasteiger partial charge in [-0.15, -0.1) is 0 Å². The van der Waals surface area contributed by atoms with Crippen LogP contribution in [-0.4, -0.2) is 14.3 Å². The molecule has 72 valence electrons. The molecule has 0 saturated heterocycles. The van der Waals surface area contributed by atoms with Gasteiger partial charge in [-0.25, -0.2) is 0 Å². The van der Waals surface area contributed by atoms with Gasteiger partial charge >= 0.3 is 0 Å². The summed E-state index contributed by atoms with van der Waals surface area (Å²) in [5, 5.41) is 3.80. The van der Waals surface area contributed by atoms with E-state index >= 15 is 0 Å². The molecule has 0 aliphatic heterocycles. The predicted octanol–water partition coefficient (Wildman–Crippen LogP) is 1.13. The van der Waals surface area contributed by atoms with Crippen molar-refractivity contribution in [3.05, 3.63) is 30.1 Å². The summed E-state index contributed by atoms with van der Waals surface area (Å²) in [5.41, 5.74) is 6.34. The summed E-state index contributed by atoms with van der Waals surface area (Å²) in [4.78, 5) is 8.14. The van der Waals surface area contributed by atoms with E-state index in [1.807, 2.05) is 18.2 Å². The van der Waals surface area contributed by atoms with Gasteiger partial charge in [-0.05, 0) is 12.1 Å². The Balaban J connectivity index is 1.95. The molecule has 0 fully saturated rings. The van der Waals surface area contributed by atoms with Crippen LogP contribution in [0.25, 0.3) is 0 Å². The number of nitrogens with one attached hydrogen (secondary N) is 1. The van der Waals surface area contributed by atoms with E-state index in [4.69, 9.17) is 5.73 Å². The van der Waals surface area contributed by atoms with Crippen LogP contribution < -0.4 is 11.1 Å². The number of nitrogens with two attached hydrogens (primary N) is 1. The van der Waals surface area contributed by atoms with Crippen LogP contribution in [0, 0.1) is 0 Å². The molecule has 0 atom stereocenters. The van der Waals surface area contributed by atoms with Crippen molar-refractivity contribution in [1.29, 1.82) is 0 Å². The van der Waals surface area contributed by atoms with Gasteiger partial charge in [0.2, 0.25) is 11.1 Å². The number of pyridine rings is 1. The zero-order valence-corrected chi connectivity index (χ0v) is 8.16. The number of anilines is 2. The van der Waals surface area contributed by atoms with Crippen LogP contribution in [0.1, 0.15) is 5.69 Å². The molecule has 0 aromatic carbocycles. The third-order valence-corrected chi connectivity index (χ3v) is 2.28. The lowest BCUT2D eigenvalue weighted by atomic mass is 10.3. The van der Waals surface area contributed by atoms with Crippen molar-refractivity contribution in [3.63, 3.8) is 0 Å². The molecule has 0 aliphatic carbocycles. The molecule has 0 amide bonds. The monoisotopic (exact) mass is 207 g/mol. The first kappa shape index (κ1) is 8.89. The fourth-order valence-electron chi connectivity index (χ4n) is 0.976. The number of nitrogen functional groups attached to an aromatic ring is 1. The van der Waals surface area contributed by atoms with E-state index in [1.54, 1.807) is 6.20 Å².